The van der Waals surface area contributed by atoms with E-state index in [0.717, 1.165) is 35.8 Å². The van der Waals surface area contributed by atoms with E-state index in [0.29, 0.717) is 17.2 Å². The lowest BCUT2D eigenvalue weighted by Gasteiger charge is -2.30. The Labute approximate surface area is 189 Å². The first kappa shape index (κ1) is 24.3. The molecule has 0 spiro atoms. The summed E-state index contributed by atoms with van der Waals surface area (Å²) in [4.78, 5) is 9.14. The number of fused-ring (bicyclic) bond motifs is 1. The summed E-state index contributed by atoms with van der Waals surface area (Å²) < 4.78 is 34.9. The van der Waals surface area contributed by atoms with Crippen molar-refractivity contribution in [2.24, 2.45) is 0 Å². The van der Waals surface area contributed by atoms with Crippen LogP contribution in [0.3, 0.4) is 0 Å². The maximum absolute atomic E-state index is 14.7. The van der Waals surface area contributed by atoms with Crippen LogP contribution >= 0.6 is 7.92 Å². The molecule has 0 aliphatic heterocycles. The van der Waals surface area contributed by atoms with Crippen LogP contribution in [0.2, 0.25) is 0 Å². The van der Waals surface area contributed by atoms with Gasteiger partial charge in [-0.25, -0.2) is 9.97 Å². The fourth-order valence-electron chi connectivity index (χ4n) is 3.53. The van der Waals surface area contributed by atoms with Crippen molar-refractivity contribution < 1.29 is 18.6 Å². The van der Waals surface area contributed by atoms with E-state index in [4.69, 9.17) is 4.74 Å². The molecule has 0 bridgehead atoms. The molecule has 3 rings (SSSR count). The number of hydrogen-bond donors (Lipinski definition) is 2. The normalized spacial score (nSPS) is 13.5. The topological polar surface area (TPSA) is 67.3 Å². The molecule has 0 saturated carbocycles. The molecule has 1 aromatic heterocycles. The Balaban J connectivity index is 2.03. The fourth-order valence-corrected chi connectivity index (χ4v) is 4.51. The van der Waals surface area contributed by atoms with Crippen LogP contribution < -0.4 is 15.4 Å². The van der Waals surface area contributed by atoms with E-state index in [-0.39, 0.29) is 11.6 Å². The van der Waals surface area contributed by atoms with Gasteiger partial charge in [0.1, 0.15) is 23.0 Å². The van der Waals surface area contributed by atoms with Gasteiger partial charge < -0.3 is 15.2 Å². The Kier molecular flexibility index (Phi) is 6.73. The van der Waals surface area contributed by atoms with Crippen LogP contribution in [0.1, 0.15) is 43.8 Å². The Morgan fingerprint density at radius 1 is 1.12 bits per heavy atom. The van der Waals surface area contributed by atoms with Crippen molar-refractivity contribution in [1.29, 1.82) is 0 Å². The number of nitrogens with one attached hydrogen (secondary N) is 1. The zero-order valence-corrected chi connectivity index (χ0v) is 20.4. The van der Waals surface area contributed by atoms with Crippen LogP contribution in [0.5, 0.6) is 5.75 Å². The third-order valence-electron chi connectivity index (χ3n) is 5.46. The van der Waals surface area contributed by atoms with Gasteiger partial charge in [-0.05, 0) is 58.7 Å². The molecule has 0 fully saturated rings. The summed E-state index contributed by atoms with van der Waals surface area (Å²) in [7, 11) is 1.22. The zero-order chi connectivity index (χ0) is 23.8. The summed E-state index contributed by atoms with van der Waals surface area (Å²) in [6, 6.07) is 9.79. The average molecular weight is 461 g/mol. The Morgan fingerprint density at radius 2 is 1.81 bits per heavy atom. The lowest BCUT2D eigenvalue weighted by atomic mass is 9.91. The number of aromatic nitrogens is 2. The number of methoxy groups -OCH3 is 1. The second-order valence-corrected chi connectivity index (χ2v) is 11.0. The average Bonchev–Trinajstić information content (AvgIpc) is 2.71. The van der Waals surface area contributed by atoms with Crippen molar-refractivity contribution in [3.8, 4) is 5.75 Å². The minimum atomic E-state index is -3.38. The van der Waals surface area contributed by atoms with Crippen LogP contribution in [-0.2, 0) is 5.92 Å². The summed E-state index contributed by atoms with van der Waals surface area (Å²) in [6.45, 7) is 10.2. The van der Waals surface area contributed by atoms with Crippen LogP contribution in [0, 0.1) is 6.92 Å². The molecule has 3 aromatic rings. The van der Waals surface area contributed by atoms with Crippen LogP contribution in [-0.4, -0.2) is 41.1 Å². The van der Waals surface area contributed by atoms with E-state index in [1.165, 1.54) is 12.1 Å². The number of nitrogens with zero attached hydrogens (tertiary/aromatic N) is 2. The predicted octanol–water partition coefficient (Wildman–Crippen LogP) is 5.35. The highest BCUT2D eigenvalue weighted by atomic mass is 31.1. The van der Waals surface area contributed by atoms with Crippen LogP contribution in [0.15, 0.2) is 36.4 Å². The van der Waals surface area contributed by atoms with Gasteiger partial charge in [-0.2, -0.15) is 8.78 Å². The molecular weight excluding hydrogens is 431 g/mol. The number of anilines is 1. The Hall–Kier alpha value is -2.37. The number of rotatable bonds is 7. The van der Waals surface area contributed by atoms with Gasteiger partial charge in [-0.1, -0.05) is 26.1 Å². The maximum Gasteiger partial charge on any atom is 0.300 e. The first-order valence-electron chi connectivity index (χ1n) is 10.4. The van der Waals surface area contributed by atoms with Crippen molar-refractivity contribution in [2.75, 3.05) is 25.8 Å². The summed E-state index contributed by atoms with van der Waals surface area (Å²) in [5.41, 5.74) is -0.976. The number of aryl methyl sites for hydroxylation is 1. The molecule has 0 aliphatic rings. The van der Waals surface area contributed by atoms with Crippen molar-refractivity contribution in [3.05, 3.63) is 53.3 Å². The molecule has 0 unspecified atom stereocenters. The minimum absolute atomic E-state index is 0.227. The van der Waals surface area contributed by atoms with Gasteiger partial charge in [0.05, 0.1) is 12.6 Å². The quantitative estimate of drug-likeness (QED) is 0.465. The molecule has 1 atom stereocenters. The number of alkyl halides is 2. The molecule has 0 radical (unpaired) electrons. The van der Waals surface area contributed by atoms with Crippen molar-refractivity contribution in [1.82, 2.24) is 9.97 Å². The molecule has 0 saturated heterocycles. The molecule has 2 aromatic carbocycles. The summed E-state index contributed by atoms with van der Waals surface area (Å²) in [5, 5.41) is 15.3. The molecule has 32 heavy (non-hydrogen) atoms. The Bertz CT molecular complexity index is 1130. The molecule has 1 heterocycles. The van der Waals surface area contributed by atoms with Crippen LogP contribution in [0.4, 0.5) is 14.6 Å². The monoisotopic (exact) mass is 461 g/mol. The SMILES string of the molecule is COc1cc2nc(C)nc(N[C@H](C)c3cccc(C(F)(F)C(C)(C)O)c3)c2cc1P(C)C. The number of hydrogen-bond acceptors (Lipinski definition) is 5. The van der Waals surface area contributed by atoms with Crippen molar-refractivity contribution in [3.63, 3.8) is 0 Å². The Morgan fingerprint density at radius 3 is 2.41 bits per heavy atom. The minimum Gasteiger partial charge on any atom is -0.496 e. The van der Waals surface area contributed by atoms with Gasteiger partial charge in [0.25, 0.3) is 0 Å². The van der Waals surface area contributed by atoms with Crippen molar-refractivity contribution in [2.45, 2.75) is 45.3 Å². The molecule has 5 nitrogen and oxygen atoms in total. The number of aliphatic hydroxyl groups is 1. The summed E-state index contributed by atoms with van der Waals surface area (Å²) in [5.74, 6) is -1.35. The highest BCUT2D eigenvalue weighted by Crippen LogP contribution is 2.40. The second-order valence-electron chi connectivity index (χ2n) is 8.68. The first-order valence-corrected chi connectivity index (χ1v) is 12.6. The predicted molar refractivity (Wildman–Crippen MR) is 128 cm³/mol. The molecule has 0 aliphatic carbocycles. The van der Waals surface area contributed by atoms with Gasteiger partial charge in [0, 0.05) is 28.4 Å². The van der Waals surface area contributed by atoms with Gasteiger partial charge in [0.2, 0.25) is 0 Å². The standard InChI is InChI=1S/C24H30F2N3O2P/c1-14(16-9-8-10-17(11-16)24(25,26)23(3,4)30)27-22-18-12-21(32(6)7)20(31-5)13-19(18)28-15(2)29-22/h8-14,30H,1-7H3,(H,27,28,29)/t14-/m1/s1. The van der Waals surface area contributed by atoms with E-state index in [2.05, 4.69) is 28.6 Å². The molecule has 8 heteroatoms. The van der Waals surface area contributed by atoms with E-state index >= 15 is 0 Å². The van der Waals surface area contributed by atoms with E-state index in [1.807, 2.05) is 26.0 Å². The summed E-state index contributed by atoms with van der Waals surface area (Å²) >= 11 is 0. The number of ether oxygens (including phenoxy) is 1. The second kappa shape index (κ2) is 8.87. The highest BCUT2D eigenvalue weighted by Gasteiger charge is 2.47. The smallest absolute Gasteiger partial charge is 0.300 e. The van der Waals surface area contributed by atoms with Gasteiger partial charge in [0.15, 0.2) is 0 Å². The molecule has 172 valence electrons. The largest absolute Gasteiger partial charge is 0.496 e. The maximum atomic E-state index is 14.7. The van der Waals surface area contributed by atoms with Gasteiger partial charge in [-0.15, -0.1) is 0 Å². The zero-order valence-electron chi connectivity index (χ0n) is 19.5. The molecular formula is C24H30F2N3O2P. The highest BCUT2D eigenvalue weighted by molar-refractivity contribution is 7.64. The lowest BCUT2D eigenvalue weighted by molar-refractivity contribution is -0.168. The van der Waals surface area contributed by atoms with E-state index < -0.39 is 19.4 Å². The van der Waals surface area contributed by atoms with Gasteiger partial charge in [-0.3, -0.25) is 0 Å². The van der Waals surface area contributed by atoms with Gasteiger partial charge >= 0.3 is 5.92 Å². The number of halogens is 2. The fraction of sp³-hybridized carbons (Fsp3) is 0.417. The first-order chi connectivity index (χ1) is 14.8. The number of benzene rings is 2. The molecule has 2 N–H and O–H groups in total. The lowest BCUT2D eigenvalue weighted by Crippen LogP contribution is -2.40. The third kappa shape index (κ3) is 4.69. The van der Waals surface area contributed by atoms with E-state index in [1.54, 1.807) is 19.2 Å². The third-order valence-corrected chi connectivity index (χ3v) is 6.77. The van der Waals surface area contributed by atoms with Crippen LogP contribution in [0.25, 0.3) is 10.9 Å². The molecule has 0 amide bonds. The van der Waals surface area contributed by atoms with Crippen molar-refractivity contribution >= 4 is 29.9 Å². The van der Waals surface area contributed by atoms with E-state index in [9.17, 15) is 13.9 Å². The summed E-state index contributed by atoms with van der Waals surface area (Å²) in [6.07, 6.45) is 0.